The Morgan fingerprint density at radius 3 is 2.42 bits per heavy atom. The van der Waals surface area contributed by atoms with Crippen LogP contribution in [0.3, 0.4) is 0 Å². The van der Waals surface area contributed by atoms with E-state index in [9.17, 15) is 20.2 Å². The predicted octanol–water partition coefficient (Wildman–Crippen LogP) is 7.26. The van der Waals surface area contributed by atoms with Gasteiger partial charge in [-0.3, -0.25) is 14.9 Å². The van der Waals surface area contributed by atoms with Crippen molar-refractivity contribution in [2.45, 2.75) is 33.1 Å². The third-order valence-electron chi connectivity index (χ3n) is 5.92. The highest BCUT2D eigenvalue weighted by atomic mass is 16.6. The number of carbonyl (C=O) groups is 1. The van der Waals surface area contributed by atoms with Gasteiger partial charge in [0.25, 0.3) is 0 Å². The van der Waals surface area contributed by atoms with Gasteiger partial charge in [-0.05, 0) is 53.8 Å². The lowest BCUT2D eigenvalue weighted by atomic mass is 9.87. The van der Waals surface area contributed by atoms with Gasteiger partial charge in [0.15, 0.2) is 0 Å². The van der Waals surface area contributed by atoms with Crippen LogP contribution >= 0.6 is 0 Å². The molecule has 0 aliphatic carbocycles. The Bertz CT molecular complexity index is 1550. The number of aromatic amines is 1. The first-order chi connectivity index (χ1) is 17.1. The molecule has 1 heterocycles. The predicted molar refractivity (Wildman–Crippen MR) is 139 cm³/mol. The van der Waals surface area contributed by atoms with Crippen molar-refractivity contribution in [3.05, 3.63) is 105 Å². The van der Waals surface area contributed by atoms with Crippen molar-refractivity contribution in [1.82, 2.24) is 4.98 Å². The number of nitrogens with one attached hydrogen (secondary N) is 1. The molecule has 0 aliphatic rings. The lowest BCUT2D eigenvalue weighted by Crippen LogP contribution is -2.10. The molecule has 0 spiro atoms. The zero-order valence-electron chi connectivity index (χ0n) is 20.5. The smallest absolute Gasteiger partial charge is 0.312 e. The Labute approximate surface area is 208 Å². The molecule has 180 valence electrons. The number of hydrogen-bond acceptors (Lipinski definition) is 5. The molecule has 0 unspecified atom stereocenters. The third kappa shape index (κ3) is 4.89. The molecule has 0 atom stereocenters. The molecule has 0 saturated heterocycles. The molecule has 1 aromatic heterocycles. The first-order valence-corrected chi connectivity index (χ1v) is 11.4. The fourth-order valence-corrected chi connectivity index (χ4v) is 4.02. The van der Waals surface area contributed by atoms with E-state index in [0.717, 1.165) is 11.1 Å². The third-order valence-corrected chi connectivity index (χ3v) is 5.92. The van der Waals surface area contributed by atoms with E-state index >= 15 is 0 Å². The second kappa shape index (κ2) is 9.51. The fourth-order valence-electron chi connectivity index (χ4n) is 4.02. The summed E-state index contributed by atoms with van der Waals surface area (Å²) in [6.45, 7) is 8.06. The summed E-state index contributed by atoms with van der Waals surface area (Å²) in [5.74, 6) is 0.0874. The summed E-state index contributed by atoms with van der Waals surface area (Å²) >= 11 is 0. The second-order valence-corrected chi connectivity index (χ2v) is 9.53. The van der Waals surface area contributed by atoms with Crippen molar-refractivity contribution in [3.8, 4) is 17.6 Å². The first-order valence-electron chi connectivity index (χ1n) is 11.4. The number of nitro benzene ring substituents is 1. The Hall–Kier alpha value is -4.70. The largest absolute Gasteiger partial charge is 0.450 e. The minimum atomic E-state index is -0.548. The van der Waals surface area contributed by atoms with E-state index in [4.69, 9.17) is 4.74 Å². The zero-order chi connectivity index (χ0) is 26.0. The monoisotopic (exact) mass is 479 g/mol. The van der Waals surface area contributed by atoms with Crippen LogP contribution in [0.15, 0.2) is 72.3 Å². The van der Waals surface area contributed by atoms with Gasteiger partial charge in [0.1, 0.15) is 17.4 Å². The highest BCUT2D eigenvalue weighted by molar-refractivity contribution is 6.20. The van der Waals surface area contributed by atoms with Crippen LogP contribution in [0.5, 0.6) is 11.5 Å². The number of carbonyl (C=O) groups excluding carboxylic acids is 1. The number of fused-ring (bicyclic) bond motifs is 1. The Morgan fingerprint density at radius 2 is 1.78 bits per heavy atom. The van der Waals surface area contributed by atoms with Gasteiger partial charge in [-0.25, -0.2) is 0 Å². The van der Waals surface area contributed by atoms with E-state index in [-0.39, 0.29) is 22.4 Å². The number of Topliss-reactive ketones (excluding diaryl/α,β-unsaturated/α-hetero) is 1. The van der Waals surface area contributed by atoms with Crippen LogP contribution in [0.1, 0.15) is 48.0 Å². The first kappa shape index (κ1) is 24.4. The van der Waals surface area contributed by atoms with E-state index in [1.165, 1.54) is 18.2 Å². The molecule has 36 heavy (non-hydrogen) atoms. The maximum Gasteiger partial charge on any atom is 0.312 e. The molecule has 7 heteroatoms. The molecule has 0 bridgehead atoms. The van der Waals surface area contributed by atoms with Crippen molar-refractivity contribution in [1.29, 1.82) is 5.26 Å². The molecule has 3 aromatic carbocycles. The Kier molecular flexibility index (Phi) is 6.45. The van der Waals surface area contributed by atoms with Crippen molar-refractivity contribution >= 4 is 28.4 Å². The van der Waals surface area contributed by atoms with E-state index in [1.54, 1.807) is 25.1 Å². The number of ketones is 1. The van der Waals surface area contributed by atoms with Gasteiger partial charge >= 0.3 is 5.69 Å². The number of rotatable bonds is 6. The van der Waals surface area contributed by atoms with Crippen LogP contribution in [0, 0.1) is 28.4 Å². The molecule has 0 amide bonds. The van der Waals surface area contributed by atoms with Crippen LogP contribution in [0.2, 0.25) is 0 Å². The summed E-state index contributed by atoms with van der Waals surface area (Å²) in [7, 11) is 0. The number of aromatic nitrogens is 1. The number of aryl methyl sites for hydroxylation is 1. The molecule has 7 nitrogen and oxygen atoms in total. The lowest BCUT2D eigenvalue weighted by molar-refractivity contribution is -0.385. The molecule has 4 rings (SSSR count). The van der Waals surface area contributed by atoms with E-state index < -0.39 is 10.7 Å². The van der Waals surface area contributed by atoms with E-state index in [0.29, 0.717) is 28.0 Å². The normalized spacial score (nSPS) is 11.8. The number of nitrogens with zero attached hydrogens (tertiary/aromatic N) is 2. The minimum absolute atomic E-state index is 0.0282. The van der Waals surface area contributed by atoms with E-state index in [1.807, 2.05) is 42.5 Å². The topological polar surface area (TPSA) is 109 Å². The van der Waals surface area contributed by atoms with Gasteiger partial charge in [-0.15, -0.1) is 0 Å². The van der Waals surface area contributed by atoms with Crippen molar-refractivity contribution in [3.63, 3.8) is 0 Å². The van der Waals surface area contributed by atoms with Crippen LogP contribution < -0.4 is 4.74 Å². The van der Waals surface area contributed by atoms with Crippen molar-refractivity contribution < 1.29 is 14.5 Å². The number of benzene rings is 3. The molecular weight excluding hydrogens is 454 g/mol. The molecule has 4 aromatic rings. The molecule has 0 saturated carbocycles. The van der Waals surface area contributed by atoms with Crippen molar-refractivity contribution in [2.24, 2.45) is 0 Å². The fraction of sp³-hybridized carbons (Fsp3) is 0.172. The standard InChI is InChI=1S/C29H25N3O4/c1-18-27(23-7-5-6-8-24(23)31-18)28(33)20(17-30)15-19-9-14-26(25(16-19)32(34)35)36-22-12-10-21(11-13-22)29(2,3)4/h5-16,31H,1-4H3/b20-15+. The maximum atomic E-state index is 13.2. The summed E-state index contributed by atoms with van der Waals surface area (Å²) in [5.41, 5.74) is 2.90. The second-order valence-electron chi connectivity index (χ2n) is 9.53. The molecular formula is C29H25N3O4. The molecule has 0 fully saturated rings. The minimum Gasteiger partial charge on any atom is -0.450 e. The molecule has 0 radical (unpaired) electrons. The average Bonchev–Trinajstić information content (AvgIpc) is 3.18. The van der Waals surface area contributed by atoms with Gasteiger partial charge in [-0.2, -0.15) is 5.26 Å². The molecule has 1 N–H and O–H groups in total. The lowest BCUT2D eigenvalue weighted by Gasteiger charge is -2.19. The summed E-state index contributed by atoms with van der Waals surface area (Å²) in [6, 6.07) is 21.0. The number of nitro groups is 1. The Morgan fingerprint density at radius 1 is 1.08 bits per heavy atom. The quantitative estimate of drug-likeness (QED) is 0.103. The number of allylic oxidation sites excluding steroid dienone is 1. The zero-order valence-corrected chi connectivity index (χ0v) is 20.5. The summed E-state index contributed by atoms with van der Waals surface area (Å²) in [5, 5.41) is 22.2. The summed E-state index contributed by atoms with van der Waals surface area (Å²) in [4.78, 5) is 27.6. The molecule has 0 aliphatic heterocycles. The number of nitriles is 1. The highest BCUT2D eigenvalue weighted by Gasteiger charge is 2.21. The van der Waals surface area contributed by atoms with Gasteiger partial charge in [0, 0.05) is 22.7 Å². The summed E-state index contributed by atoms with van der Waals surface area (Å²) in [6.07, 6.45) is 1.36. The van der Waals surface area contributed by atoms with Gasteiger partial charge in [0.2, 0.25) is 11.5 Å². The van der Waals surface area contributed by atoms with E-state index in [2.05, 4.69) is 25.8 Å². The van der Waals surface area contributed by atoms with Crippen LogP contribution in [-0.2, 0) is 5.41 Å². The summed E-state index contributed by atoms with van der Waals surface area (Å²) < 4.78 is 5.80. The van der Waals surface area contributed by atoms with Crippen LogP contribution in [0.4, 0.5) is 5.69 Å². The van der Waals surface area contributed by atoms with Gasteiger partial charge in [0.05, 0.1) is 10.5 Å². The van der Waals surface area contributed by atoms with Crippen LogP contribution in [0.25, 0.3) is 17.0 Å². The maximum absolute atomic E-state index is 13.2. The Balaban J connectivity index is 1.66. The SMILES string of the molecule is Cc1[nH]c2ccccc2c1C(=O)/C(C#N)=C/c1ccc(Oc2ccc(C(C)(C)C)cc2)c([N+](=O)[O-])c1. The van der Waals surface area contributed by atoms with Gasteiger partial charge < -0.3 is 9.72 Å². The van der Waals surface area contributed by atoms with Crippen LogP contribution in [-0.4, -0.2) is 15.7 Å². The van der Waals surface area contributed by atoms with Crippen molar-refractivity contribution in [2.75, 3.05) is 0 Å². The number of hydrogen-bond donors (Lipinski definition) is 1. The highest BCUT2D eigenvalue weighted by Crippen LogP contribution is 2.34. The van der Waals surface area contributed by atoms with Gasteiger partial charge in [-0.1, -0.05) is 57.2 Å². The number of ether oxygens (including phenoxy) is 1. The number of H-pyrrole nitrogens is 1. The average molecular weight is 480 g/mol. The number of para-hydroxylation sites is 1.